The Morgan fingerprint density at radius 1 is 1.15 bits per heavy atom. The van der Waals surface area contributed by atoms with E-state index in [4.69, 9.17) is 24.4 Å². The van der Waals surface area contributed by atoms with E-state index in [0.717, 1.165) is 0 Å². The van der Waals surface area contributed by atoms with E-state index >= 15 is 0 Å². The molecule has 0 aromatic rings. The Labute approximate surface area is 77.5 Å². The van der Waals surface area contributed by atoms with Crippen molar-refractivity contribution < 1.29 is 24.4 Å². The van der Waals surface area contributed by atoms with Gasteiger partial charge >= 0.3 is 0 Å². The maximum Gasteiger partial charge on any atom is 0.139 e. The van der Waals surface area contributed by atoms with Gasteiger partial charge in [-0.2, -0.15) is 0 Å². The summed E-state index contributed by atoms with van der Waals surface area (Å²) >= 11 is 0. The third kappa shape index (κ3) is 4.54. The van der Waals surface area contributed by atoms with Crippen LogP contribution in [0.25, 0.3) is 0 Å². The summed E-state index contributed by atoms with van der Waals surface area (Å²) in [6, 6.07) is 0. The van der Waals surface area contributed by atoms with Crippen LogP contribution in [0.2, 0.25) is 0 Å². The molecule has 0 amide bonds. The van der Waals surface area contributed by atoms with Gasteiger partial charge in [0.05, 0.1) is 33.0 Å². The molecule has 1 fully saturated rings. The standard InChI is InChI=1S/C8H16O5/c1-7-5-10-2-3-11-6-8(4-9)13-12-7/h7-9H,2-6H2,1H3. The van der Waals surface area contributed by atoms with Crippen LogP contribution in [0.1, 0.15) is 6.92 Å². The Bertz CT molecular complexity index is 130. The first-order chi connectivity index (χ1) is 6.33. The van der Waals surface area contributed by atoms with Crippen LogP contribution in [0, 0.1) is 0 Å². The van der Waals surface area contributed by atoms with Crippen LogP contribution in [-0.2, 0) is 19.2 Å². The maximum absolute atomic E-state index is 8.84. The molecule has 0 aromatic carbocycles. The molecule has 5 heteroatoms. The average Bonchev–Trinajstić information content (AvgIpc) is 2.16. The number of ether oxygens (including phenoxy) is 2. The van der Waals surface area contributed by atoms with Gasteiger partial charge in [0.1, 0.15) is 12.2 Å². The molecule has 2 unspecified atom stereocenters. The first-order valence-corrected chi connectivity index (χ1v) is 4.41. The van der Waals surface area contributed by atoms with Crippen molar-refractivity contribution in [3.05, 3.63) is 0 Å². The van der Waals surface area contributed by atoms with Gasteiger partial charge in [-0.05, 0) is 6.92 Å². The number of aliphatic hydroxyl groups excluding tert-OH is 1. The summed E-state index contributed by atoms with van der Waals surface area (Å²) in [5.41, 5.74) is 0. The van der Waals surface area contributed by atoms with E-state index < -0.39 is 6.10 Å². The first-order valence-electron chi connectivity index (χ1n) is 4.41. The van der Waals surface area contributed by atoms with Crippen molar-refractivity contribution in [2.45, 2.75) is 19.1 Å². The molecule has 0 aromatic heterocycles. The highest BCUT2D eigenvalue weighted by Gasteiger charge is 2.13. The molecular formula is C8H16O5. The SMILES string of the molecule is CC1COCCOCC(CO)OO1. The molecule has 0 aliphatic carbocycles. The third-order valence-electron chi connectivity index (χ3n) is 1.59. The van der Waals surface area contributed by atoms with E-state index in [0.29, 0.717) is 26.4 Å². The number of hydrogen-bond acceptors (Lipinski definition) is 5. The van der Waals surface area contributed by atoms with Crippen LogP contribution in [0.4, 0.5) is 0 Å². The zero-order valence-electron chi connectivity index (χ0n) is 7.77. The van der Waals surface area contributed by atoms with Crippen molar-refractivity contribution in [3.63, 3.8) is 0 Å². The molecule has 78 valence electrons. The van der Waals surface area contributed by atoms with Gasteiger partial charge < -0.3 is 14.6 Å². The highest BCUT2D eigenvalue weighted by atomic mass is 17.2. The zero-order chi connectivity index (χ0) is 9.52. The lowest BCUT2D eigenvalue weighted by Crippen LogP contribution is -2.30. The van der Waals surface area contributed by atoms with Crippen LogP contribution in [0.15, 0.2) is 0 Å². The van der Waals surface area contributed by atoms with Crippen LogP contribution < -0.4 is 0 Å². The average molecular weight is 192 g/mol. The highest BCUT2D eigenvalue weighted by Crippen LogP contribution is 2.01. The Hall–Kier alpha value is -0.200. The first kappa shape index (κ1) is 10.9. The van der Waals surface area contributed by atoms with Crippen molar-refractivity contribution >= 4 is 0 Å². The van der Waals surface area contributed by atoms with E-state index in [1.165, 1.54) is 0 Å². The normalized spacial score (nSPS) is 32.8. The van der Waals surface area contributed by atoms with E-state index in [9.17, 15) is 0 Å². The van der Waals surface area contributed by atoms with E-state index in [1.54, 1.807) is 0 Å². The summed E-state index contributed by atoms with van der Waals surface area (Å²) in [6.07, 6.45) is -0.521. The van der Waals surface area contributed by atoms with Gasteiger partial charge in [-0.25, -0.2) is 9.78 Å². The molecule has 0 saturated carbocycles. The smallest absolute Gasteiger partial charge is 0.139 e. The summed E-state index contributed by atoms with van der Waals surface area (Å²) in [7, 11) is 0. The minimum absolute atomic E-state index is 0.104. The van der Waals surface area contributed by atoms with Crippen molar-refractivity contribution in [2.75, 3.05) is 33.0 Å². The second kappa shape index (κ2) is 6.28. The second-order valence-corrected chi connectivity index (χ2v) is 2.96. The molecule has 0 spiro atoms. The van der Waals surface area contributed by atoms with Gasteiger partial charge in [0.15, 0.2) is 0 Å². The zero-order valence-corrected chi connectivity index (χ0v) is 7.77. The quantitative estimate of drug-likeness (QED) is 0.580. The van der Waals surface area contributed by atoms with Crippen molar-refractivity contribution in [3.8, 4) is 0 Å². The highest BCUT2D eigenvalue weighted by molar-refractivity contribution is 4.53. The third-order valence-corrected chi connectivity index (χ3v) is 1.59. The predicted octanol–water partition coefficient (Wildman–Crippen LogP) is -0.269. The summed E-state index contributed by atoms with van der Waals surface area (Å²) in [5, 5.41) is 8.84. The van der Waals surface area contributed by atoms with E-state index in [2.05, 4.69) is 0 Å². The molecule has 1 heterocycles. The van der Waals surface area contributed by atoms with Gasteiger partial charge in [-0.3, -0.25) is 0 Å². The number of aliphatic hydroxyl groups is 1. The molecule has 5 nitrogen and oxygen atoms in total. The molecular weight excluding hydrogens is 176 g/mol. The van der Waals surface area contributed by atoms with E-state index in [1.807, 2.05) is 6.92 Å². The largest absolute Gasteiger partial charge is 0.393 e. The lowest BCUT2D eigenvalue weighted by atomic mass is 10.4. The molecule has 1 aliphatic heterocycles. The minimum Gasteiger partial charge on any atom is -0.393 e. The van der Waals surface area contributed by atoms with Gasteiger partial charge in [0.2, 0.25) is 0 Å². The monoisotopic (exact) mass is 192 g/mol. The van der Waals surface area contributed by atoms with Crippen molar-refractivity contribution in [1.29, 1.82) is 0 Å². The fourth-order valence-electron chi connectivity index (χ4n) is 0.894. The minimum atomic E-state index is -0.402. The maximum atomic E-state index is 8.84. The van der Waals surface area contributed by atoms with Crippen LogP contribution >= 0.6 is 0 Å². The van der Waals surface area contributed by atoms with Crippen LogP contribution in [-0.4, -0.2) is 50.3 Å². The molecule has 1 saturated heterocycles. The summed E-state index contributed by atoms with van der Waals surface area (Å²) < 4.78 is 10.4. The van der Waals surface area contributed by atoms with Crippen LogP contribution in [0.3, 0.4) is 0 Å². The predicted molar refractivity (Wildman–Crippen MR) is 44.1 cm³/mol. The fourth-order valence-corrected chi connectivity index (χ4v) is 0.894. The van der Waals surface area contributed by atoms with Crippen molar-refractivity contribution in [1.82, 2.24) is 0 Å². The molecule has 2 atom stereocenters. The number of rotatable bonds is 1. The lowest BCUT2D eigenvalue weighted by Gasteiger charge is -2.20. The molecule has 1 rings (SSSR count). The Morgan fingerprint density at radius 3 is 2.54 bits per heavy atom. The topological polar surface area (TPSA) is 57.2 Å². The molecule has 0 bridgehead atoms. The van der Waals surface area contributed by atoms with Gasteiger partial charge in [0.25, 0.3) is 0 Å². The molecule has 1 aliphatic rings. The molecule has 0 radical (unpaired) electrons. The van der Waals surface area contributed by atoms with Gasteiger partial charge in [0, 0.05) is 0 Å². The summed E-state index contributed by atoms with van der Waals surface area (Å²) in [4.78, 5) is 9.88. The Balaban J connectivity index is 2.27. The fraction of sp³-hybridized carbons (Fsp3) is 1.00. The van der Waals surface area contributed by atoms with Crippen molar-refractivity contribution in [2.24, 2.45) is 0 Å². The number of hydrogen-bond donors (Lipinski definition) is 1. The molecule has 13 heavy (non-hydrogen) atoms. The summed E-state index contributed by atoms with van der Waals surface area (Å²) in [5.74, 6) is 0. The molecule has 1 N–H and O–H groups in total. The second-order valence-electron chi connectivity index (χ2n) is 2.96. The Kier molecular flexibility index (Phi) is 5.26. The van der Waals surface area contributed by atoms with Crippen LogP contribution in [0.5, 0.6) is 0 Å². The van der Waals surface area contributed by atoms with Gasteiger partial charge in [-0.1, -0.05) is 0 Å². The lowest BCUT2D eigenvalue weighted by molar-refractivity contribution is -0.364. The van der Waals surface area contributed by atoms with Gasteiger partial charge in [-0.15, -0.1) is 0 Å². The summed E-state index contributed by atoms with van der Waals surface area (Å²) in [6.45, 7) is 3.61. The van der Waals surface area contributed by atoms with E-state index in [-0.39, 0.29) is 12.7 Å². The Morgan fingerprint density at radius 2 is 1.85 bits per heavy atom.